The Bertz CT molecular complexity index is 200. The van der Waals surface area contributed by atoms with E-state index in [9.17, 15) is 4.79 Å². The Labute approximate surface area is 99.6 Å². The second-order valence-electron chi connectivity index (χ2n) is 4.68. The van der Waals surface area contributed by atoms with Crippen molar-refractivity contribution in [3.8, 4) is 0 Å². The summed E-state index contributed by atoms with van der Waals surface area (Å²) in [6, 6.07) is 0.529. The summed E-state index contributed by atoms with van der Waals surface area (Å²) in [7, 11) is 1.93. The van der Waals surface area contributed by atoms with Gasteiger partial charge >= 0.3 is 0 Å². The summed E-state index contributed by atoms with van der Waals surface area (Å²) >= 11 is 0. The van der Waals surface area contributed by atoms with Gasteiger partial charge in [-0.1, -0.05) is 19.3 Å². The molecule has 1 N–H and O–H groups in total. The molecule has 3 heteroatoms. The summed E-state index contributed by atoms with van der Waals surface area (Å²) in [4.78, 5) is 14.2. The summed E-state index contributed by atoms with van der Waals surface area (Å²) in [5.74, 6) is 0.352. The van der Waals surface area contributed by atoms with E-state index in [1.165, 1.54) is 32.1 Å². The van der Waals surface area contributed by atoms with Gasteiger partial charge in [0.1, 0.15) is 0 Å². The SMILES string of the molecule is CCN(C(=O)CCCNC)C1CCCCC1. The zero-order valence-corrected chi connectivity index (χ0v) is 10.8. The lowest BCUT2D eigenvalue weighted by atomic mass is 9.94. The van der Waals surface area contributed by atoms with Gasteiger partial charge in [0.25, 0.3) is 0 Å². The predicted octanol–water partition coefficient (Wildman–Crippen LogP) is 2.17. The Balaban J connectivity index is 2.35. The van der Waals surface area contributed by atoms with Gasteiger partial charge in [0.15, 0.2) is 0 Å². The molecular weight excluding hydrogens is 200 g/mol. The first-order valence-corrected chi connectivity index (χ1v) is 6.73. The molecular formula is C13H26N2O. The van der Waals surface area contributed by atoms with Gasteiger partial charge in [0, 0.05) is 19.0 Å². The number of nitrogens with one attached hydrogen (secondary N) is 1. The summed E-state index contributed by atoms with van der Waals surface area (Å²) in [5.41, 5.74) is 0. The first kappa shape index (κ1) is 13.5. The maximum Gasteiger partial charge on any atom is 0.222 e. The molecule has 0 aromatic carbocycles. The van der Waals surface area contributed by atoms with Gasteiger partial charge in [0.2, 0.25) is 5.91 Å². The molecule has 1 amide bonds. The van der Waals surface area contributed by atoms with Crippen LogP contribution in [-0.4, -0.2) is 37.0 Å². The number of amides is 1. The molecule has 0 spiro atoms. The van der Waals surface area contributed by atoms with Crippen LogP contribution in [0, 0.1) is 0 Å². The zero-order valence-electron chi connectivity index (χ0n) is 10.8. The highest BCUT2D eigenvalue weighted by atomic mass is 16.2. The Morgan fingerprint density at radius 1 is 1.31 bits per heavy atom. The lowest BCUT2D eigenvalue weighted by Crippen LogP contribution is -2.41. The number of nitrogens with zero attached hydrogens (tertiary/aromatic N) is 1. The van der Waals surface area contributed by atoms with Gasteiger partial charge in [-0.2, -0.15) is 0 Å². The molecule has 0 atom stereocenters. The fraction of sp³-hybridized carbons (Fsp3) is 0.923. The second kappa shape index (κ2) is 7.66. The zero-order chi connectivity index (χ0) is 11.8. The van der Waals surface area contributed by atoms with E-state index >= 15 is 0 Å². The molecule has 1 aliphatic rings. The van der Waals surface area contributed by atoms with Crippen LogP contribution >= 0.6 is 0 Å². The maximum absolute atomic E-state index is 12.0. The Morgan fingerprint density at radius 2 is 2.00 bits per heavy atom. The lowest BCUT2D eigenvalue weighted by Gasteiger charge is -2.33. The minimum absolute atomic E-state index is 0.352. The van der Waals surface area contributed by atoms with Gasteiger partial charge in [-0.25, -0.2) is 0 Å². The van der Waals surface area contributed by atoms with Gasteiger partial charge < -0.3 is 10.2 Å². The maximum atomic E-state index is 12.0. The van der Waals surface area contributed by atoms with E-state index in [4.69, 9.17) is 0 Å². The number of rotatable bonds is 6. The smallest absolute Gasteiger partial charge is 0.222 e. The largest absolute Gasteiger partial charge is 0.340 e. The molecule has 0 radical (unpaired) electrons. The van der Waals surface area contributed by atoms with E-state index in [1.54, 1.807) is 0 Å². The van der Waals surface area contributed by atoms with Crippen molar-refractivity contribution < 1.29 is 4.79 Å². The quantitative estimate of drug-likeness (QED) is 0.704. The fourth-order valence-electron chi connectivity index (χ4n) is 2.59. The summed E-state index contributed by atoms with van der Waals surface area (Å²) in [6.45, 7) is 3.92. The molecule has 0 aliphatic heterocycles. The van der Waals surface area contributed by atoms with E-state index in [1.807, 2.05) is 7.05 Å². The van der Waals surface area contributed by atoms with Crippen molar-refractivity contribution in [2.24, 2.45) is 0 Å². The van der Waals surface area contributed by atoms with Crippen LogP contribution in [0.25, 0.3) is 0 Å². The lowest BCUT2D eigenvalue weighted by molar-refractivity contribution is -0.134. The highest BCUT2D eigenvalue weighted by Gasteiger charge is 2.23. The van der Waals surface area contributed by atoms with Crippen LogP contribution in [0.4, 0.5) is 0 Å². The molecule has 94 valence electrons. The van der Waals surface area contributed by atoms with Gasteiger partial charge in [-0.3, -0.25) is 4.79 Å². The third-order valence-electron chi connectivity index (χ3n) is 3.49. The van der Waals surface area contributed by atoms with Gasteiger partial charge in [-0.15, -0.1) is 0 Å². The van der Waals surface area contributed by atoms with Gasteiger partial charge in [-0.05, 0) is 39.8 Å². The van der Waals surface area contributed by atoms with Crippen molar-refractivity contribution in [1.29, 1.82) is 0 Å². The van der Waals surface area contributed by atoms with Crippen LogP contribution < -0.4 is 5.32 Å². The molecule has 3 nitrogen and oxygen atoms in total. The molecule has 1 fully saturated rings. The van der Waals surface area contributed by atoms with E-state index < -0.39 is 0 Å². The fourth-order valence-corrected chi connectivity index (χ4v) is 2.59. The van der Waals surface area contributed by atoms with Crippen LogP contribution in [0.1, 0.15) is 51.9 Å². The minimum atomic E-state index is 0.352. The second-order valence-corrected chi connectivity index (χ2v) is 4.68. The van der Waals surface area contributed by atoms with E-state index in [0.29, 0.717) is 18.4 Å². The topological polar surface area (TPSA) is 32.3 Å². The van der Waals surface area contributed by atoms with Crippen molar-refractivity contribution in [1.82, 2.24) is 10.2 Å². The number of carbonyl (C=O) groups is 1. The van der Waals surface area contributed by atoms with Crippen LogP contribution in [0.2, 0.25) is 0 Å². The normalized spacial score (nSPS) is 17.4. The minimum Gasteiger partial charge on any atom is -0.340 e. The van der Waals surface area contributed by atoms with Crippen molar-refractivity contribution in [2.45, 2.75) is 57.9 Å². The third kappa shape index (κ3) is 4.12. The third-order valence-corrected chi connectivity index (χ3v) is 3.49. The molecule has 0 heterocycles. The van der Waals surface area contributed by atoms with Crippen LogP contribution in [-0.2, 0) is 4.79 Å². The Morgan fingerprint density at radius 3 is 2.56 bits per heavy atom. The van der Waals surface area contributed by atoms with Crippen LogP contribution in [0.15, 0.2) is 0 Å². The van der Waals surface area contributed by atoms with Crippen molar-refractivity contribution in [3.05, 3.63) is 0 Å². The van der Waals surface area contributed by atoms with E-state index in [2.05, 4.69) is 17.1 Å². The Kier molecular flexibility index (Phi) is 6.46. The molecule has 1 saturated carbocycles. The number of hydrogen-bond donors (Lipinski definition) is 1. The van der Waals surface area contributed by atoms with Crippen molar-refractivity contribution >= 4 is 5.91 Å². The Hall–Kier alpha value is -0.570. The highest BCUT2D eigenvalue weighted by molar-refractivity contribution is 5.76. The molecule has 16 heavy (non-hydrogen) atoms. The number of carbonyl (C=O) groups excluding carboxylic acids is 1. The average Bonchev–Trinajstić information content (AvgIpc) is 2.32. The monoisotopic (exact) mass is 226 g/mol. The van der Waals surface area contributed by atoms with Gasteiger partial charge in [0.05, 0.1) is 0 Å². The standard InChI is InChI=1S/C13H26N2O/c1-3-15(12-8-5-4-6-9-12)13(16)10-7-11-14-2/h12,14H,3-11H2,1-2H3. The average molecular weight is 226 g/mol. The summed E-state index contributed by atoms with van der Waals surface area (Å²) in [6.07, 6.45) is 8.03. The molecule has 0 unspecified atom stereocenters. The molecule has 0 aromatic rings. The van der Waals surface area contributed by atoms with Crippen molar-refractivity contribution in [3.63, 3.8) is 0 Å². The van der Waals surface area contributed by atoms with E-state index in [0.717, 1.165) is 19.5 Å². The molecule has 1 rings (SSSR count). The first-order chi connectivity index (χ1) is 7.79. The summed E-state index contributed by atoms with van der Waals surface area (Å²) < 4.78 is 0. The van der Waals surface area contributed by atoms with Crippen LogP contribution in [0.3, 0.4) is 0 Å². The first-order valence-electron chi connectivity index (χ1n) is 6.73. The van der Waals surface area contributed by atoms with Crippen molar-refractivity contribution in [2.75, 3.05) is 20.1 Å². The predicted molar refractivity (Wildman–Crippen MR) is 67.4 cm³/mol. The summed E-state index contributed by atoms with van der Waals surface area (Å²) in [5, 5.41) is 3.09. The number of hydrogen-bond acceptors (Lipinski definition) is 2. The molecule has 0 bridgehead atoms. The molecule has 1 aliphatic carbocycles. The van der Waals surface area contributed by atoms with E-state index in [-0.39, 0.29) is 0 Å². The molecule has 0 aromatic heterocycles. The molecule has 0 saturated heterocycles. The van der Waals surface area contributed by atoms with Crippen LogP contribution in [0.5, 0.6) is 0 Å². The highest BCUT2D eigenvalue weighted by Crippen LogP contribution is 2.23.